The average molecular weight is 444 g/mol. The lowest BCUT2D eigenvalue weighted by Crippen LogP contribution is -2.21. The number of carbonyl (C=O) groups excluding carboxylic acids is 1. The van der Waals surface area contributed by atoms with Crippen LogP contribution in [0.1, 0.15) is 46.8 Å². The van der Waals surface area contributed by atoms with Gasteiger partial charge in [-0.25, -0.2) is 0 Å². The van der Waals surface area contributed by atoms with E-state index in [4.69, 9.17) is 9.84 Å². The van der Waals surface area contributed by atoms with E-state index < -0.39 is 12.0 Å². The number of ether oxygens (including phenoxy) is 1. The molecule has 7 nitrogen and oxygen atoms in total. The lowest BCUT2D eigenvalue weighted by molar-refractivity contribution is -0.137. The molecule has 4 rings (SSSR count). The number of aromatic amines is 1. The van der Waals surface area contributed by atoms with Crippen LogP contribution in [0.5, 0.6) is 5.75 Å². The molecule has 2 aromatic carbocycles. The molecule has 0 aliphatic carbocycles. The number of anilines is 1. The largest absolute Gasteiger partial charge is 0.495 e. The summed E-state index contributed by atoms with van der Waals surface area (Å²) >= 11 is 0. The van der Waals surface area contributed by atoms with Crippen molar-refractivity contribution < 1.29 is 19.4 Å². The molecule has 2 aromatic heterocycles. The SMILES string of the molecule is COc1cncc(NC(C(=O)c2c[nH]c3ccc(C(C)CC(=O)O)cc23)c2ccccc2)c1. The minimum atomic E-state index is -0.854. The van der Waals surface area contributed by atoms with Crippen LogP contribution in [0.3, 0.4) is 0 Å². The third-order valence-corrected chi connectivity index (χ3v) is 5.68. The molecule has 168 valence electrons. The van der Waals surface area contributed by atoms with Crippen LogP contribution in [-0.4, -0.2) is 33.9 Å². The van der Waals surface area contributed by atoms with Gasteiger partial charge in [-0.3, -0.25) is 14.6 Å². The van der Waals surface area contributed by atoms with Crippen molar-refractivity contribution >= 4 is 28.3 Å². The number of methoxy groups -OCH3 is 1. The molecule has 2 unspecified atom stereocenters. The molecule has 0 saturated heterocycles. The number of aromatic nitrogens is 2. The predicted octanol–water partition coefficient (Wildman–Crippen LogP) is 5.19. The van der Waals surface area contributed by atoms with Gasteiger partial charge in [-0.2, -0.15) is 0 Å². The Bertz CT molecular complexity index is 1280. The van der Waals surface area contributed by atoms with Gasteiger partial charge in [0, 0.05) is 28.7 Å². The molecule has 0 bridgehead atoms. The molecule has 3 N–H and O–H groups in total. The Morgan fingerprint density at radius 1 is 1.09 bits per heavy atom. The molecule has 0 radical (unpaired) electrons. The number of ketones is 1. The van der Waals surface area contributed by atoms with E-state index in [-0.39, 0.29) is 18.1 Å². The number of benzene rings is 2. The third-order valence-electron chi connectivity index (χ3n) is 5.68. The molecule has 0 aliphatic heterocycles. The van der Waals surface area contributed by atoms with E-state index in [1.807, 2.05) is 55.5 Å². The summed E-state index contributed by atoms with van der Waals surface area (Å²) in [6.07, 6.45) is 4.98. The number of hydrogen-bond donors (Lipinski definition) is 3. The number of nitrogens with zero attached hydrogens (tertiary/aromatic N) is 1. The van der Waals surface area contributed by atoms with Crippen molar-refractivity contribution in [1.82, 2.24) is 9.97 Å². The van der Waals surface area contributed by atoms with E-state index in [1.165, 1.54) is 0 Å². The second-order valence-electron chi connectivity index (χ2n) is 7.97. The zero-order valence-electron chi connectivity index (χ0n) is 18.4. The summed E-state index contributed by atoms with van der Waals surface area (Å²) in [6, 6.07) is 16.3. The molecule has 0 saturated carbocycles. The van der Waals surface area contributed by atoms with E-state index in [2.05, 4.69) is 15.3 Å². The first-order valence-corrected chi connectivity index (χ1v) is 10.6. The first-order chi connectivity index (χ1) is 16.0. The van der Waals surface area contributed by atoms with Gasteiger partial charge < -0.3 is 20.1 Å². The van der Waals surface area contributed by atoms with Gasteiger partial charge in [0.1, 0.15) is 11.8 Å². The van der Waals surface area contributed by atoms with Crippen LogP contribution in [0, 0.1) is 0 Å². The summed E-state index contributed by atoms with van der Waals surface area (Å²) in [5.74, 6) is -0.550. The van der Waals surface area contributed by atoms with Gasteiger partial charge in [0.2, 0.25) is 0 Å². The number of Topliss-reactive ketones (excluding diaryl/α,β-unsaturated/α-hetero) is 1. The molecule has 0 aliphatic rings. The number of fused-ring (bicyclic) bond motifs is 1. The predicted molar refractivity (Wildman–Crippen MR) is 127 cm³/mol. The Labute approximate surface area is 191 Å². The number of H-pyrrole nitrogens is 1. The molecule has 0 spiro atoms. The topological polar surface area (TPSA) is 104 Å². The molecule has 4 aromatic rings. The summed E-state index contributed by atoms with van der Waals surface area (Å²) in [5, 5.41) is 13.2. The molecule has 0 amide bonds. The first-order valence-electron chi connectivity index (χ1n) is 10.6. The normalized spacial score (nSPS) is 12.8. The van der Waals surface area contributed by atoms with Crippen molar-refractivity contribution in [2.45, 2.75) is 25.3 Å². The first kappa shape index (κ1) is 22.1. The Balaban J connectivity index is 1.73. The fourth-order valence-electron chi connectivity index (χ4n) is 3.91. The van der Waals surface area contributed by atoms with Crippen molar-refractivity contribution in [1.29, 1.82) is 0 Å². The molecule has 7 heteroatoms. The van der Waals surface area contributed by atoms with Crippen LogP contribution in [0.2, 0.25) is 0 Å². The van der Waals surface area contributed by atoms with Crippen LogP contribution in [0.4, 0.5) is 5.69 Å². The quantitative estimate of drug-likeness (QED) is 0.308. The summed E-state index contributed by atoms with van der Waals surface area (Å²) in [4.78, 5) is 32.3. The number of carbonyl (C=O) groups is 2. The average Bonchev–Trinajstić information content (AvgIpc) is 3.25. The maximum Gasteiger partial charge on any atom is 0.303 e. The highest BCUT2D eigenvalue weighted by atomic mass is 16.5. The van der Waals surface area contributed by atoms with Gasteiger partial charge in [0.15, 0.2) is 5.78 Å². The van der Waals surface area contributed by atoms with Crippen molar-refractivity contribution in [3.8, 4) is 5.75 Å². The van der Waals surface area contributed by atoms with E-state index in [1.54, 1.807) is 31.8 Å². The minimum Gasteiger partial charge on any atom is -0.495 e. The Morgan fingerprint density at radius 3 is 2.61 bits per heavy atom. The lowest BCUT2D eigenvalue weighted by atomic mass is 9.93. The van der Waals surface area contributed by atoms with Gasteiger partial charge >= 0.3 is 5.97 Å². The highest BCUT2D eigenvalue weighted by molar-refractivity contribution is 6.11. The van der Waals surface area contributed by atoms with E-state index in [9.17, 15) is 9.59 Å². The van der Waals surface area contributed by atoms with Crippen LogP contribution in [-0.2, 0) is 4.79 Å². The maximum absolute atomic E-state index is 13.8. The lowest BCUT2D eigenvalue weighted by Gasteiger charge is -2.19. The summed E-state index contributed by atoms with van der Waals surface area (Å²) in [5.41, 5.74) is 3.70. The highest BCUT2D eigenvalue weighted by Crippen LogP contribution is 2.30. The molecule has 33 heavy (non-hydrogen) atoms. The standard InChI is InChI=1S/C26H25N3O4/c1-16(10-24(30)31)18-8-9-23-21(11-18)22(15-28-23)26(32)25(17-6-4-3-5-7-17)29-19-12-20(33-2)14-27-13-19/h3-9,11-16,25,28-29H,10H2,1-2H3,(H,30,31). The van der Waals surface area contributed by atoms with E-state index >= 15 is 0 Å². The number of nitrogens with one attached hydrogen (secondary N) is 2. The second kappa shape index (κ2) is 9.56. The van der Waals surface area contributed by atoms with E-state index in [0.717, 1.165) is 22.0 Å². The number of aliphatic carboxylic acids is 1. The number of carboxylic acid groups (broad SMARTS) is 1. The molecule has 2 heterocycles. The smallest absolute Gasteiger partial charge is 0.303 e. The zero-order chi connectivity index (χ0) is 23.4. The van der Waals surface area contributed by atoms with Gasteiger partial charge in [0.25, 0.3) is 0 Å². The fourth-order valence-corrected chi connectivity index (χ4v) is 3.91. The molecular weight excluding hydrogens is 418 g/mol. The molecule has 0 fully saturated rings. The monoisotopic (exact) mass is 443 g/mol. The fraction of sp³-hybridized carbons (Fsp3) is 0.192. The third kappa shape index (κ3) is 4.87. The number of hydrogen-bond acceptors (Lipinski definition) is 5. The second-order valence-corrected chi connectivity index (χ2v) is 7.97. The van der Waals surface area contributed by atoms with Crippen LogP contribution < -0.4 is 10.1 Å². The van der Waals surface area contributed by atoms with Crippen molar-refractivity contribution in [2.24, 2.45) is 0 Å². The Hall–Kier alpha value is -4.13. The summed E-state index contributed by atoms with van der Waals surface area (Å²) < 4.78 is 5.26. The highest BCUT2D eigenvalue weighted by Gasteiger charge is 2.25. The van der Waals surface area contributed by atoms with Crippen LogP contribution >= 0.6 is 0 Å². The maximum atomic E-state index is 13.8. The van der Waals surface area contributed by atoms with Crippen LogP contribution in [0.15, 0.2) is 73.2 Å². The molecular formula is C26H25N3O4. The van der Waals surface area contributed by atoms with Crippen molar-refractivity contribution in [3.05, 3.63) is 89.9 Å². The number of pyridine rings is 1. The van der Waals surface area contributed by atoms with Crippen molar-refractivity contribution in [3.63, 3.8) is 0 Å². The summed E-state index contributed by atoms with van der Waals surface area (Å²) in [6.45, 7) is 1.87. The molecule has 2 atom stereocenters. The van der Waals surface area contributed by atoms with E-state index in [0.29, 0.717) is 17.0 Å². The zero-order valence-corrected chi connectivity index (χ0v) is 18.4. The number of rotatable bonds is 9. The minimum absolute atomic E-state index is 0.0241. The Morgan fingerprint density at radius 2 is 1.88 bits per heavy atom. The van der Waals surface area contributed by atoms with Gasteiger partial charge in [0.05, 0.1) is 31.6 Å². The van der Waals surface area contributed by atoms with Gasteiger partial charge in [-0.15, -0.1) is 0 Å². The van der Waals surface area contributed by atoms with Gasteiger partial charge in [-0.05, 0) is 29.2 Å². The van der Waals surface area contributed by atoms with Crippen LogP contribution in [0.25, 0.3) is 10.9 Å². The van der Waals surface area contributed by atoms with Gasteiger partial charge in [-0.1, -0.05) is 43.3 Å². The van der Waals surface area contributed by atoms with Crippen molar-refractivity contribution in [2.75, 3.05) is 12.4 Å². The summed E-state index contributed by atoms with van der Waals surface area (Å²) in [7, 11) is 1.56. The number of carboxylic acids is 1. The Kier molecular flexibility index (Phi) is 6.40.